The van der Waals surface area contributed by atoms with E-state index < -0.39 is 9.84 Å². The molecule has 0 atom stereocenters. The number of benzene rings is 1. The van der Waals surface area contributed by atoms with Gasteiger partial charge in [0.15, 0.2) is 9.84 Å². The maximum absolute atomic E-state index is 12.2. The first kappa shape index (κ1) is 16.0. The molecule has 21 heavy (non-hydrogen) atoms. The van der Waals surface area contributed by atoms with Crippen molar-refractivity contribution in [1.29, 1.82) is 0 Å². The van der Waals surface area contributed by atoms with Gasteiger partial charge in [-0.3, -0.25) is 0 Å². The van der Waals surface area contributed by atoms with Gasteiger partial charge in [-0.15, -0.1) is 0 Å². The Kier molecular flexibility index (Phi) is 4.44. The van der Waals surface area contributed by atoms with Crippen molar-refractivity contribution >= 4 is 20.7 Å². The minimum absolute atomic E-state index is 0.0862. The molecule has 0 bridgehead atoms. The highest BCUT2D eigenvalue weighted by Gasteiger charge is 2.20. The van der Waals surface area contributed by atoms with Crippen LogP contribution in [-0.4, -0.2) is 18.2 Å². The Morgan fingerprint density at radius 3 is 2.38 bits per heavy atom. The van der Waals surface area contributed by atoms with Gasteiger partial charge in [-0.25, -0.2) is 8.42 Å². The Labute approximate surface area is 126 Å². The lowest BCUT2D eigenvalue weighted by molar-refractivity contribution is 0.586. The van der Waals surface area contributed by atoms with Crippen molar-refractivity contribution in [3.63, 3.8) is 0 Å². The molecule has 0 aliphatic rings. The van der Waals surface area contributed by atoms with Gasteiger partial charge in [-0.2, -0.15) is 0 Å². The normalized spacial score (nSPS) is 12.7. The smallest absolute Gasteiger partial charge is 0.156 e. The van der Waals surface area contributed by atoms with Crippen LogP contribution in [0, 0.1) is 0 Å². The minimum Gasteiger partial charge on any atom is -0.345 e. The zero-order valence-electron chi connectivity index (χ0n) is 13.1. The highest BCUT2D eigenvalue weighted by Crippen LogP contribution is 2.28. The standard InChI is InChI=1S/C16H24N2O2S/c1-11(2)18-9-14(10-21(19,20)12(3)4)15-6-5-13(8-17)7-16(15)18/h5-7,9,11-12H,8,10,17H2,1-4H3. The Balaban J connectivity index is 2.60. The minimum atomic E-state index is -3.11. The molecule has 5 heteroatoms. The van der Waals surface area contributed by atoms with E-state index in [0.717, 1.165) is 22.0 Å². The van der Waals surface area contributed by atoms with E-state index in [-0.39, 0.29) is 17.0 Å². The quantitative estimate of drug-likeness (QED) is 0.923. The Hall–Kier alpha value is -1.33. The van der Waals surface area contributed by atoms with Crippen LogP contribution in [0.4, 0.5) is 0 Å². The molecular formula is C16H24N2O2S. The van der Waals surface area contributed by atoms with Crippen LogP contribution >= 0.6 is 0 Å². The van der Waals surface area contributed by atoms with Crippen molar-refractivity contribution in [2.24, 2.45) is 5.73 Å². The van der Waals surface area contributed by atoms with Crippen LogP contribution in [0.15, 0.2) is 24.4 Å². The Morgan fingerprint density at radius 1 is 1.19 bits per heavy atom. The molecule has 0 spiro atoms. The van der Waals surface area contributed by atoms with Crippen LogP contribution in [-0.2, 0) is 22.1 Å². The van der Waals surface area contributed by atoms with Crippen molar-refractivity contribution in [3.05, 3.63) is 35.5 Å². The van der Waals surface area contributed by atoms with Crippen LogP contribution in [0.3, 0.4) is 0 Å². The van der Waals surface area contributed by atoms with Gasteiger partial charge in [0.25, 0.3) is 0 Å². The molecule has 1 heterocycles. The number of nitrogens with two attached hydrogens (primary N) is 1. The van der Waals surface area contributed by atoms with Crippen molar-refractivity contribution in [1.82, 2.24) is 4.57 Å². The average molecular weight is 308 g/mol. The summed E-state index contributed by atoms with van der Waals surface area (Å²) in [5, 5.41) is 0.642. The summed E-state index contributed by atoms with van der Waals surface area (Å²) in [7, 11) is -3.11. The zero-order valence-corrected chi connectivity index (χ0v) is 13.9. The fraction of sp³-hybridized carbons (Fsp3) is 0.500. The number of nitrogens with zero attached hydrogens (tertiary/aromatic N) is 1. The van der Waals surface area contributed by atoms with Gasteiger partial charge in [-0.1, -0.05) is 12.1 Å². The third kappa shape index (κ3) is 3.14. The molecule has 4 nitrogen and oxygen atoms in total. The summed E-state index contributed by atoms with van der Waals surface area (Å²) in [6.07, 6.45) is 1.97. The Morgan fingerprint density at radius 2 is 1.86 bits per heavy atom. The van der Waals surface area contributed by atoms with Gasteiger partial charge in [0.05, 0.1) is 11.0 Å². The first-order valence-electron chi connectivity index (χ1n) is 7.30. The van der Waals surface area contributed by atoms with Gasteiger partial charge >= 0.3 is 0 Å². The van der Waals surface area contributed by atoms with Crippen molar-refractivity contribution < 1.29 is 8.42 Å². The molecule has 0 aliphatic carbocycles. The topological polar surface area (TPSA) is 65.1 Å². The molecule has 0 saturated carbocycles. The SMILES string of the molecule is CC(C)n1cc(CS(=O)(=O)C(C)C)c2ccc(CN)cc21. The lowest BCUT2D eigenvalue weighted by Gasteiger charge is -2.09. The molecule has 2 rings (SSSR count). The van der Waals surface area contributed by atoms with E-state index in [1.807, 2.05) is 18.3 Å². The molecule has 0 radical (unpaired) electrons. The van der Waals surface area contributed by atoms with Crippen LogP contribution in [0.25, 0.3) is 10.9 Å². The third-order valence-electron chi connectivity index (χ3n) is 3.85. The van der Waals surface area contributed by atoms with Crippen LogP contribution in [0.2, 0.25) is 0 Å². The van der Waals surface area contributed by atoms with Crippen molar-refractivity contribution in [2.45, 2.75) is 51.3 Å². The first-order chi connectivity index (χ1) is 9.76. The van der Waals surface area contributed by atoms with Gasteiger partial charge in [0.1, 0.15) is 0 Å². The highest BCUT2D eigenvalue weighted by molar-refractivity contribution is 7.91. The predicted molar refractivity (Wildman–Crippen MR) is 88.0 cm³/mol. The van der Waals surface area contributed by atoms with E-state index in [1.54, 1.807) is 13.8 Å². The average Bonchev–Trinajstić information content (AvgIpc) is 2.76. The fourth-order valence-electron chi connectivity index (χ4n) is 2.42. The molecule has 0 fully saturated rings. The van der Waals surface area contributed by atoms with E-state index in [2.05, 4.69) is 24.5 Å². The number of hydrogen-bond acceptors (Lipinski definition) is 3. The first-order valence-corrected chi connectivity index (χ1v) is 9.01. The highest BCUT2D eigenvalue weighted by atomic mass is 32.2. The van der Waals surface area contributed by atoms with Crippen molar-refractivity contribution in [2.75, 3.05) is 0 Å². The molecule has 0 amide bonds. The molecule has 1 aromatic carbocycles. The van der Waals surface area contributed by atoms with Crippen molar-refractivity contribution in [3.8, 4) is 0 Å². The number of rotatable bonds is 5. The molecule has 0 aliphatic heterocycles. The van der Waals surface area contributed by atoms with Gasteiger partial charge in [-0.05, 0) is 44.9 Å². The van der Waals surface area contributed by atoms with Crippen LogP contribution in [0.1, 0.15) is 44.9 Å². The van der Waals surface area contributed by atoms with E-state index in [4.69, 9.17) is 5.73 Å². The van der Waals surface area contributed by atoms with E-state index >= 15 is 0 Å². The van der Waals surface area contributed by atoms with E-state index in [0.29, 0.717) is 6.54 Å². The van der Waals surface area contributed by atoms with E-state index in [1.165, 1.54) is 0 Å². The largest absolute Gasteiger partial charge is 0.345 e. The van der Waals surface area contributed by atoms with Crippen LogP contribution < -0.4 is 5.73 Å². The number of hydrogen-bond donors (Lipinski definition) is 1. The number of sulfone groups is 1. The van der Waals surface area contributed by atoms with Gasteiger partial charge in [0, 0.05) is 29.7 Å². The summed E-state index contributed by atoms with van der Waals surface area (Å²) in [4.78, 5) is 0. The monoisotopic (exact) mass is 308 g/mol. The lowest BCUT2D eigenvalue weighted by atomic mass is 10.1. The predicted octanol–water partition coefficient (Wildman–Crippen LogP) is 3.00. The summed E-state index contributed by atoms with van der Waals surface area (Å²) in [6.45, 7) is 8.12. The number of aromatic nitrogens is 1. The summed E-state index contributed by atoms with van der Waals surface area (Å²) in [5.74, 6) is 0.0862. The molecule has 2 N–H and O–H groups in total. The van der Waals surface area contributed by atoms with Gasteiger partial charge in [0.2, 0.25) is 0 Å². The second-order valence-corrected chi connectivity index (χ2v) is 8.62. The molecule has 2 aromatic rings. The summed E-state index contributed by atoms with van der Waals surface area (Å²) in [6, 6.07) is 6.29. The lowest BCUT2D eigenvalue weighted by Crippen LogP contribution is -2.15. The summed E-state index contributed by atoms with van der Waals surface area (Å²) in [5.41, 5.74) is 8.70. The maximum Gasteiger partial charge on any atom is 0.156 e. The van der Waals surface area contributed by atoms with E-state index in [9.17, 15) is 8.42 Å². The summed E-state index contributed by atoms with van der Waals surface area (Å²) < 4.78 is 26.6. The maximum atomic E-state index is 12.2. The molecular weight excluding hydrogens is 284 g/mol. The second kappa shape index (κ2) is 5.81. The molecule has 0 saturated heterocycles. The Bertz CT molecular complexity index is 743. The zero-order chi connectivity index (χ0) is 15.8. The molecule has 116 valence electrons. The number of fused-ring (bicyclic) bond motifs is 1. The van der Waals surface area contributed by atoms with Crippen LogP contribution in [0.5, 0.6) is 0 Å². The second-order valence-electron chi connectivity index (χ2n) is 6.07. The third-order valence-corrected chi connectivity index (χ3v) is 6.00. The summed E-state index contributed by atoms with van der Waals surface area (Å²) >= 11 is 0. The molecule has 0 unspecified atom stereocenters. The van der Waals surface area contributed by atoms with Gasteiger partial charge < -0.3 is 10.3 Å². The molecule has 1 aromatic heterocycles. The fourth-order valence-corrected chi connectivity index (χ4v) is 3.42.